The molecule has 1 heterocycles. The van der Waals surface area contributed by atoms with Gasteiger partial charge in [-0.1, -0.05) is 24.3 Å². The van der Waals surface area contributed by atoms with Crippen molar-refractivity contribution in [1.82, 2.24) is 5.32 Å². The minimum Gasteiger partial charge on any atom is -0.490 e. The molecule has 2 aromatic carbocycles. The van der Waals surface area contributed by atoms with Crippen molar-refractivity contribution < 1.29 is 22.4 Å². The number of nitrogens with one attached hydrogen (secondary N) is 1. The highest BCUT2D eigenvalue weighted by Crippen LogP contribution is 2.28. The molecule has 1 aliphatic heterocycles. The lowest BCUT2D eigenvalue weighted by Crippen LogP contribution is -2.28. The summed E-state index contributed by atoms with van der Waals surface area (Å²) in [5, 5.41) is 3.41. The highest BCUT2D eigenvalue weighted by atomic mass is 79.9. The molecule has 0 atom stereocenters. The quantitative estimate of drug-likeness (QED) is 0.415. The normalized spacial score (nSPS) is 14.2. The molecule has 9 heteroatoms. The first kappa shape index (κ1) is 26.9. The van der Waals surface area contributed by atoms with E-state index >= 15 is 0 Å². The van der Waals surface area contributed by atoms with E-state index in [2.05, 4.69) is 39.4 Å². The molecule has 0 spiro atoms. The molecule has 0 radical (unpaired) electrons. The summed E-state index contributed by atoms with van der Waals surface area (Å²) in [6.07, 6.45) is 3.70. The molecule has 1 fully saturated rings. The van der Waals surface area contributed by atoms with Crippen molar-refractivity contribution in [3.8, 4) is 5.75 Å². The maximum Gasteiger partial charge on any atom is 0.294 e. The Balaban J connectivity index is 0.000000348. The number of methoxy groups -OCH3 is 1. The number of ether oxygens (including phenoxy) is 2. The molecule has 168 valence electrons. The number of rotatable bonds is 7. The van der Waals surface area contributed by atoms with E-state index in [9.17, 15) is 8.42 Å². The molecule has 3 rings (SSSR count). The molecular weight excluding hydrogens is 494 g/mol. The van der Waals surface area contributed by atoms with Gasteiger partial charge in [0.1, 0.15) is 12.4 Å². The number of hydrogen-bond acceptors (Lipinski definition) is 5. The lowest BCUT2D eigenvalue weighted by atomic mass is 9.91. The van der Waals surface area contributed by atoms with Gasteiger partial charge in [-0.3, -0.25) is 4.55 Å². The molecule has 0 aromatic heterocycles. The van der Waals surface area contributed by atoms with Gasteiger partial charge in [0.05, 0.1) is 16.0 Å². The Labute approximate surface area is 193 Å². The summed E-state index contributed by atoms with van der Waals surface area (Å²) >= 11 is 3.53. The summed E-state index contributed by atoms with van der Waals surface area (Å²) in [5.41, 5.74) is 1.36. The minimum atomic E-state index is -4.00. The lowest BCUT2D eigenvalue weighted by Gasteiger charge is -2.22. The van der Waals surface area contributed by atoms with Gasteiger partial charge >= 0.3 is 0 Å². The Morgan fingerprint density at radius 3 is 2.33 bits per heavy atom. The third-order valence-electron chi connectivity index (χ3n) is 4.56. The maximum atomic E-state index is 10.4. The Kier molecular flexibility index (Phi) is 12.5. The second-order valence-corrected chi connectivity index (χ2v) is 9.07. The fourth-order valence-electron chi connectivity index (χ4n) is 3.03. The van der Waals surface area contributed by atoms with Crippen molar-refractivity contribution in [1.29, 1.82) is 0 Å². The number of halogens is 2. The monoisotopic (exact) mass is 521 g/mol. The van der Waals surface area contributed by atoms with Crippen LogP contribution in [0, 0.1) is 5.92 Å². The molecule has 0 saturated carbocycles. The molecule has 0 bridgehead atoms. The van der Waals surface area contributed by atoms with Crippen LogP contribution in [0.3, 0.4) is 0 Å². The van der Waals surface area contributed by atoms with Crippen molar-refractivity contribution in [2.24, 2.45) is 5.92 Å². The van der Waals surface area contributed by atoms with Crippen molar-refractivity contribution in [3.05, 3.63) is 58.6 Å². The molecule has 2 aromatic rings. The molecule has 6 nitrogen and oxygen atoms in total. The molecule has 30 heavy (non-hydrogen) atoms. The molecule has 1 aliphatic rings. The average Bonchev–Trinajstić information content (AvgIpc) is 2.72. The Morgan fingerprint density at radius 2 is 1.77 bits per heavy atom. The number of hydrogen-bond donors (Lipinski definition) is 2. The van der Waals surface area contributed by atoms with Gasteiger partial charge in [-0.15, -0.1) is 12.4 Å². The van der Waals surface area contributed by atoms with Crippen molar-refractivity contribution in [2.75, 3.05) is 33.4 Å². The van der Waals surface area contributed by atoms with Crippen LogP contribution in [0.25, 0.3) is 0 Å². The van der Waals surface area contributed by atoms with E-state index in [1.165, 1.54) is 30.5 Å². The van der Waals surface area contributed by atoms with Crippen LogP contribution in [0.4, 0.5) is 0 Å². The van der Waals surface area contributed by atoms with Crippen LogP contribution < -0.4 is 10.1 Å². The molecule has 0 aliphatic carbocycles. The highest BCUT2D eigenvalue weighted by Gasteiger charge is 2.14. The molecule has 0 unspecified atom stereocenters. The summed E-state index contributed by atoms with van der Waals surface area (Å²) in [6.45, 7) is 3.51. The minimum absolute atomic E-state index is 0. The predicted molar refractivity (Wildman–Crippen MR) is 124 cm³/mol. The highest BCUT2D eigenvalue weighted by molar-refractivity contribution is 9.10. The zero-order valence-electron chi connectivity index (χ0n) is 16.9. The van der Waals surface area contributed by atoms with E-state index in [0.29, 0.717) is 13.2 Å². The van der Waals surface area contributed by atoms with Gasteiger partial charge in [0.2, 0.25) is 0 Å². The largest absolute Gasteiger partial charge is 0.490 e. The van der Waals surface area contributed by atoms with Crippen LogP contribution in [0.2, 0.25) is 0 Å². The van der Waals surface area contributed by atoms with Gasteiger partial charge in [0, 0.05) is 7.11 Å². The molecule has 1 saturated heterocycles. The number of piperidine rings is 1. The second-order valence-electron chi connectivity index (χ2n) is 6.79. The Morgan fingerprint density at radius 1 is 1.10 bits per heavy atom. The average molecular weight is 523 g/mol. The van der Waals surface area contributed by atoms with Gasteiger partial charge in [0.15, 0.2) is 0 Å². The zero-order valence-corrected chi connectivity index (χ0v) is 20.1. The topological polar surface area (TPSA) is 84.9 Å². The van der Waals surface area contributed by atoms with Crippen LogP contribution in [-0.4, -0.2) is 46.4 Å². The summed E-state index contributed by atoms with van der Waals surface area (Å²) in [4.78, 5) is -0.0741. The molecular formula is C21H29BrClNO5S. The van der Waals surface area contributed by atoms with E-state index in [0.717, 1.165) is 35.7 Å². The van der Waals surface area contributed by atoms with Crippen LogP contribution in [0.5, 0.6) is 5.75 Å². The van der Waals surface area contributed by atoms with Crippen LogP contribution in [-0.2, 0) is 21.3 Å². The third kappa shape index (κ3) is 9.76. The van der Waals surface area contributed by atoms with Gasteiger partial charge in [-0.2, -0.15) is 8.42 Å². The second kappa shape index (κ2) is 14.0. The first-order valence-electron chi connectivity index (χ1n) is 9.53. The van der Waals surface area contributed by atoms with Gasteiger partial charge in [-0.05, 0) is 84.0 Å². The summed E-state index contributed by atoms with van der Waals surface area (Å²) in [5.74, 6) is 1.72. The Hall–Kier alpha value is -1.16. The van der Waals surface area contributed by atoms with Gasteiger partial charge < -0.3 is 14.8 Å². The van der Waals surface area contributed by atoms with Crippen LogP contribution >= 0.6 is 28.3 Å². The zero-order chi connectivity index (χ0) is 21.1. The SMILES string of the molecule is COCCOc1cc(CC2CCNCC2)ccc1Br.Cl.O=S(=O)(O)c1ccccc1. The fourth-order valence-corrected chi connectivity index (χ4v) is 3.89. The van der Waals surface area contributed by atoms with E-state index in [1.807, 2.05) is 0 Å². The van der Waals surface area contributed by atoms with E-state index in [4.69, 9.17) is 14.0 Å². The van der Waals surface area contributed by atoms with Crippen LogP contribution in [0.1, 0.15) is 18.4 Å². The van der Waals surface area contributed by atoms with E-state index in [-0.39, 0.29) is 17.3 Å². The summed E-state index contributed by atoms with van der Waals surface area (Å²) < 4.78 is 41.0. The van der Waals surface area contributed by atoms with Crippen molar-refractivity contribution in [3.63, 3.8) is 0 Å². The van der Waals surface area contributed by atoms with E-state index in [1.54, 1.807) is 25.3 Å². The van der Waals surface area contributed by atoms with Crippen LogP contribution in [0.15, 0.2) is 57.9 Å². The smallest absolute Gasteiger partial charge is 0.294 e. The first-order valence-corrected chi connectivity index (χ1v) is 11.8. The maximum absolute atomic E-state index is 10.4. The fraction of sp³-hybridized carbons (Fsp3) is 0.429. The standard InChI is InChI=1S/C15H22BrNO2.C6H6O3S.ClH/c1-18-8-9-19-15-11-13(2-3-14(15)16)10-12-4-6-17-7-5-12;7-10(8,9)6-4-2-1-3-5-6;/h2-3,11-12,17H,4-10H2,1H3;1-5H,(H,7,8,9);1H. The van der Waals surface area contributed by atoms with Crippen molar-refractivity contribution in [2.45, 2.75) is 24.2 Å². The van der Waals surface area contributed by atoms with Gasteiger partial charge in [0.25, 0.3) is 10.1 Å². The van der Waals surface area contributed by atoms with E-state index < -0.39 is 10.1 Å². The Bertz CT molecular complexity index is 846. The summed E-state index contributed by atoms with van der Waals surface area (Å²) in [6, 6.07) is 13.8. The predicted octanol–water partition coefficient (Wildman–Crippen LogP) is 4.37. The first-order chi connectivity index (χ1) is 13.9. The lowest BCUT2D eigenvalue weighted by molar-refractivity contribution is 0.146. The number of benzene rings is 2. The summed E-state index contributed by atoms with van der Waals surface area (Å²) in [7, 11) is -2.32. The molecule has 0 amide bonds. The molecule has 2 N–H and O–H groups in total. The third-order valence-corrected chi connectivity index (χ3v) is 6.09. The van der Waals surface area contributed by atoms with Gasteiger partial charge in [-0.25, -0.2) is 0 Å². The van der Waals surface area contributed by atoms with Crippen molar-refractivity contribution >= 4 is 38.5 Å².